The first-order chi connectivity index (χ1) is 13.7. The van der Waals surface area contributed by atoms with Crippen LogP contribution in [0.3, 0.4) is 0 Å². The number of likely N-dealkylation sites (tertiary alicyclic amines) is 1. The molecule has 0 N–H and O–H groups in total. The van der Waals surface area contributed by atoms with Crippen LogP contribution in [0, 0.1) is 11.3 Å². The topological polar surface area (TPSA) is 87.7 Å². The number of carbonyl (C=O) groups excluding carboxylic acids is 1. The van der Waals surface area contributed by atoms with E-state index >= 15 is 0 Å². The summed E-state index contributed by atoms with van der Waals surface area (Å²) in [4.78, 5) is 27.5. The zero-order chi connectivity index (χ0) is 19.3. The molecule has 1 fully saturated rings. The van der Waals surface area contributed by atoms with Crippen molar-refractivity contribution in [3.05, 3.63) is 77.9 Å². The van der Waals surface area contributed by atoms with Crippen molar-refractivity contribution in [2.24, 2.45) is 0 Å². The van der Waals surface area contributed by atoms with Gasteiger partial charge in [-0.2, -0.15) is 5.26 Å². The molecule has 0 atom stereocenters. The number of imidazole rings is 1. The van der Waals surface area contributed by atoms with Crippen LogP contribution in [-0.4, -0.2) is 43.4 Å². The zero-order valence-corrected chi connectivity index (χ0v) is 15.4. The van der Waals surface area contributed by atoms with Gasteiger partial charge in [-0.25, -0.2) is 9.97 Å². The molecule has 1 amide bonds. The second-order valence-corrected chi connectivity index (χ2v) is 6.84. The molecule has 7 heteroatoms. The summed E-state index contributed by atoms with van der Waals surface area (Å²) < 4.78 is 2.15. The number of piperidine rings is 1. The van der Waals surface area contributed by atoms with Gasteiger partial charge >= 0.3 is 0 Å². The number of hydrogen-bond donors (Lipinski definition) is 0. The van der Waals surface area contributed by atoms with Gasteiger partial charge in [-0.05, 0) is 37.1 Å². The summed E-state index contributed by atoms with van der Waals surface area (Å²) in [7, 11) is 0. The summed E-state index contributed by atoms with van der Waals surface area (Å²) in [6.07, 6.45) is 8.84. The molecule has 0 aliphatic carbocycles. The van der Waals surface area contributed by atoms with E-state index in [0.717, 1.165) is 24.4 Å². The monoisotopic (exact) mass is 372 g/mol. The Balaban J connectivity index is 1.40. The Hall–Kier alpha value is -3.53. The van der Waals surface area contributed by atoms with Gasteiger partial charge in [-0.3, -0.25) is 9.78 Å². The van der Waals surface area contributed by atoms with E-state index in [1.54, 1.807) is 18.3 Å². The molecule has 0 bridgehead atoms. The van der Waals surface area contributed by atoms with Crippen LogP contribution in [0.4, 0.5) is 0 Å². The Morgan fingerprint density at radius 1 is 1.11 bits per heavy atom. The van der Waals surface area contributed by atoms with E-state index in [1.807, 2.05) is 41.6 Å². The summed E-state index contributed by atoms with van der Waals surface area (Å²) in [5, 5.41) is 8.83. The SMILES string of the molecule is N#Cc1ccc(C(=O)N2CCC(c3nccn3Cc3ccccn3)CC2)cn1. The van der Waals surface area contributed by atoms with Gasteiger partial charge in [0.05, 0.1) is 17.8 Å². The number of amides is 1. The molecule has 0 radical (unpaired) electrons. The molecule has 1 aliphatic heterocycles. The first-order valence-electron chi connectivity index (χ1n) is 9.31. The van der Waals surface area contributed by atoms with Crippen LogP contribution in [0.15, 0.2) is 55.1 Å². The van der Waals surface area contributed by atoms with Crippen LogP contribution >= 0.6 is 0 Å². The molecule has 0 saturated carbocycles. The maximum atomic E-state index is 12.7. The number of carbonyl (C=O) groups is 1. The number of hydrogen-bond acceptors (Lipinski definition) is 5. The third kappa shape index (κ3) is 3.76. The van der Waals surface area contributed by atoms with Crippen molar-refractivity contribution in [2.45, 2.75) is 25.3 Å². The van der Waals surface area contributed by atoms with Gasteiger partial charge in [0.15, 0.2) is 0 Å². The van der Waals surface area contributed by atoms with Crippen molar-refractivity contribution in [3.63, 3.8) is 0 Å². The number of pyridine rings is 2. The van der Waals surface area contributed by atoms with E-state index in [2.05, 4.69) is 19.5 Å². The summed E-state index contributed by atoms with van der Waals surface area (Å²) in [6.45, 7) is 2.06. The van der Waals surface area contributed by atoms with Gasteiger partial charge in [-0.15, -0.1) is 0 Å². The first-order valence-corrected chi connectivity index (χ1v) is 9.31. The predicted octanol–water partition coefficient (Wildman–Crippen LogP) is 2.61. The highest BCUT2D eigenvalue weighted by Crippen LogP contribution is 2.28. The lowest BCUT2D eigenvalue weighted by Gasteiger charge is -2.32. The molecule has 4 heterocycles. The highest BCUT2D eigenvalue weighted by molar-refractivity contribution is 5.94. The zero-order valence-electron chi connectivity index (χ0n) is 15.4. The third-order valence-electron chi connectivity index (χ3n) is 5.08. The van der Waals surface area contributed by atoms with Crippen molar-refractivity contribution >= 4 is 5.91 Å². The van der Waals surface area contributed by atoms with E-state index in [9.17, 15) is 4.79 Å². The largest absolute Gasteiger partial charge is 0.339 e. The van der Waals surface area contributed by atoms with Gasteiger partial charge in [0.1, 0.15) is 17.6 Å². The number of aromatic nitrogens is 4. The van der Waals surface area contributed by atoms with Crippen molar-refractivity contribution in [3.8, 4) is 6.07 Å². The number of rotatable bonds is 4. The van der Waals surface area contributed by atoms with Crippen LogP contribution in [0.2, 0.25) is 0 Å². The molecule has 0 aromatic carbocycles. The molecule has 4 rings (SSSR count). The molecule has 28 heavy (non-hydrogen) atoms. The van der Waals surface area contributed by atoms with Crippen LogP contribution in [0.5, 0.6) is 0 Å². The highest BCUT2D eigenvalue weighted by Gasteiger charge is 2.27. The predicted molar refractivity (Wildman–Crippen MR) is 102 cm³/mol. The lowest BCUT2D eigenvalue weighted by atomic mass is 9.95. The second-order valence-electron chi connectivity index (χ2n) is 6.84. The normalized spacial score (nSPS) is 14.6. The van der Waals surface area contributed by atoms with Crippen molar-refractivity contribution in [1.29, 1.82) is 5.26 Å². The average molecular weight is 372 g/mol. The maximum Gasteiger partial charge on any atom is 0.255 e. The quantitative estimate of drug-likeness (QED) is 0.702. The van der Waals surface area contributed by atoms with E-state index in [0.29, 0.717) is 36.8 Å². The Morgan fingerprint density at radius 2 is 1.96 bits per heavy atom. The van der Waals surface area contributed by atoms with Crippen LogP contribution in [-0.2, 0) is 6.54 Å². The summed E-state index contributed by atoms with van der Waals surface area (Å²) >= 11 is 0. The third-order valence-corrected chi connectivity index (χ3v) is 5.08. The molecule has 7 nitrogen and oxygen atoms in total. The molecule has 3 aromatic rings. The fourth-order valence-corrected chi connectivity index (χ4v) is 3.59. The van der Waals surface area contributed by atoms with E-state index < -0.39 is 0 Å². The van der Waals surface area contributed by atoms with Crippen molar-refractivity contribution < 1.29 is 4.79 Å². The van der Waals surface area contributed by atoms with E-state index in [4.69, 9.17) is 5.26 Å². The Kier molecular flexibility index (Phi) is 5.11. The lowest BCUT2D eigenvalue weighted by molar-refractivity contribution is 0.0710. The van der Waals surface area contributed by atoms with Crippen LogP contribution in [0.25, 0.3) is 0 Å². The minimum absolute atomic E-state index is 0.0349. The minimum atomic E-state index is -0.0349. The molecule has 3 aromatic heterocycles. The summed E-state index contributed by atoms with van der Waals surface area (Å²) in [5.41, 5.74) is 1.84. The van der Waals surface area contributed by atoms with Gasteiger partial charge in [0, 0.05) is 43.8 Å². The van der Waals surface area contributed by atoms with Crippen molar-refractivity contribution in [2.75, 3.05) is 13.1 Å². The Morgan fingerprint density at radius 3 is 2.64 bits per heavy atom. The Bertz CT molecular complexity index is 982. The van der Waals surface area contributed by atoms with Crippen LogP contribution < -0.4 is 0 Å². The Labute approximate surface area is 163 Å². The standard InChI is InChI=1S/C21H20N6O/c22-13-18-5-4-17(14-25-18)21(28)26-10-6-16(7-11-26)20-24-9-12-27(20)15-19-3-1-2-8-23-19/h1-5,8-9,12,14,16H,6-7,10-11,15H2. The van der Waals surface area contributed by atoms with Crippen molar-refractivity contribution in [1.82, 2.24) is 24.4 Å². The van der Waals surface area contributed by atoms with Gasteiger partial charge in [-0.1, -0.05) is 6.07 Å². The fraction of sp³-hybridized carbons (Fsp3) is 0.286. The molecule has 140 valence electrons. The van der Waals surface area contributed by atoms with E-state index in [-0.39, 0.29) is 5.91 Å². The number of nitrogens with zero attached hydrogens (tertiary/aromatic N) is 6. The molecular formula is C21H20N6O. The smallest absolute Gasteiger partial charge is 0.255 e. The average Bonchev–Trinajstić information content (AvgIpc) is 3.22. The molecule has 1 aliphatic rings. The molecular weight excluding hydrogens is 352 g/mol. The van der Waals surface area contributed by atoms with Gasteiger partial charge < -0.3 is 9.47 Å². The van der Waals surface area contributed by atoms with E-state index in [1.165, 1.54) is 6.20 Å². The second kappa shape index (κ2) is 8.01. The first kappa shape index (κ1) is 17.9. The maximum absolute atomic E-state index is 12.7. The van der Waals surface area contributed by atoms with Gasteiger partial charge in [0.25, 0.3) is 5.91 Å². The highest BCUT2D eigenvalue weighted by atomic mass is 16.2. The fourth-order valence-electron chi connectivity index (χ4n) is 3.59. The molecule has 0 unspecified atom stereocenters. The van der Waals surface area contributed by atoms with Crippen LogP contribution in [0.1, 0.15) is 46.3 Å². The summed E-state index contributed by atoms with van der Waals surface area (Å²) in [5.74, 6) is 1.34. The molecule has 0 spiro atoms. The molecule has 1 saturated heterocycles. The summed E-state index contributed by atoms with van der Waals surface area (Å²) in [6, 6.07) is 11.1. The lowest BCUT2D eigenvalue weighted by Crippen LogP contribution is -2.38. The number of nitriles is 1. The van der Waals surface area contributed by atoms with Gasteiger partial charge in [0.2, 0.25) is 0 Å². The minimum Gasteiger partial charge on any atom is -0.339 e.